The van der Waals surface area contributed by atoms with Crippen LogP contribution in [0, 0.1) is 12.7 Å². The highest BCUT2D eigenvalue weighted by Gasteiger charge is 2.19. The van der Waals surface area contributed by atoms with Crippen LogP contribution in [-0.2, 0) is 10.0 Å². The topological polar surface area (TPSA) is 65.1 Å². The summed E-state index contributed by atoms with van der Waals surface area (Å²) in [6.07, 6.45) is 1.41. The molecule has 4 nitrogen and oxygen atoms in total. The molecule has 1 heterocycles. The number of hydrogen-bond donors (Lipinski definition) is 1. The lowest BCUT2D eigenvalue weighted by atomic mass is 10.2. The molecule has 0 amide bonds. The van der Waals surface area contributed by atoms with E-state index in [1.165, 1.54) is 36.5 Å². The van der Waals surface area contributed by atoms with Gasteiger partial charge in [0.15, 0.2) is 0 Å². The number of nitrogen functional groups attached to an aromatic ring is 1. The number of benzene rings is 2. The fourth-order valence-electron chi connectivity index (χ4n) is 2.19. The van der Waals surface area contributed by atoms with Crippen LogP contribution in [0.25, 0.3) is 10.9 Å². The Bertz CT molecular complexity index is 945. The van der Waals surface area contributed by atoms with Crippen molar-refractivity contribution in [2.24, 2.45) is 0 Å². The molecular formula is C15H13FN2O2S. The van der Waals surface area contributed by atoms with Gasteiger partial charge in [0.25, 0.3) is 10.0 Å². The van der Waals surface area contributed by atoms with E-state index in [-0.39, 0.29) is 4.90 Å². The number of rotatable bonds is 2. The second kappa shape index (κ2) is 4.60. The molecule has 0 unspecified atom stereocenters. The molecule has 6 heteroatoms. The quantitative estimate of drug-likeness (QED) is 0.740. The Kier molecular flexibility index (Phi) is 2.98. The Balaban J connectivity index is 2.22. The van der Waals surface area contributed by atoms with Gasteiger partial charge >= 0.3 is 0 Å². The maximum Gasteiger partial charge on any atom is 0.268 e. The van der Waals surface area contributed by atoms with Crippen molar-refractivity contribution in [3.05, 3.63) is 60.0 Å². The number of aryl methyl sites for hydroxylation is 1. The largest absolute Gasteiger partial charge is 0.398 e. The van der Waals surface area contributed by atoms with Crippen LogP contribution in [0.2, 0.25) is 0 Å². The van der Waals surface area contributed by atoms with E-state index < -0.39 is 15.8 Å². The van der Waals surface area contributed by atoms with Crippen molar-refractivity contribution in [3.63, 3.8) is 0 Å². The number of hydrogen-bond acceptors (Lipinski definition) is 3. The molecule has 0 atom stereocenters. The second-order valence-electron chi connectivity index (χ2n) is 4.84. The summed E-state index contributed by atoms with van der Waals surface area (Å²) in [5.74, 6) is -0.405. The van der Waals surface area contributed by atoms with Gasteiger partial charge in [-0.05, 0) is 48.9 Å². The third-order valence-corrected chi connectivity index (χ3v) is 5.11. The van der Waals surface area contributed by atoms with Gasteiger partial charge in [0.05, 0.1) is 10.4 Å². The number of nitrogens with two attached hydrogens (primary N) is 1. The van der Waals surface area contributed by atoms with Crippen molar-refractivity contribution in [1.82, 2.24) is 3.97 Å². The lowest BCUT2D eigenvalue weighted by molar-refractivity contribution is 0.589. The number of halogens is 1. The van der Waals surface area contributed by atoms with Crippen molar-refractivity contribution in [3.8, 4) is 0 Å². The molecule has 0 aliphatic carbocycles. The first-order valence-corrected chi connectivity index (χ1v) is 7.72. The predicted molar refractivity (Wildman–Crippen MR) is 80.1 cm³/mol. The van der Waals surface area contributed by atoms with Gasteiger partial charge in [-0.2, -0.15) is 0 Å². The van der Waals surface area contributed by atoms with Gasteiger partial charge in [-0.25, -0.2) is 16.8 Å². The zero-order chi connectivity index (χ0) is 15.2. The molecule has 0 fully saturated rings. The lowest BCUT2D eigenvalue weighted by Gasteiger charge is -2.09. The van der Waals surface area contributed by atoms with E-state index in [0.717, 1.165) is 9.54 Å². The first-order chi connectivity index (χ1) is 9.89. The van der Waals surface area contributed by atoms with Crippen LogP contribution in [0.5, 0.6) is 0 Å². The molecular weight excluding hydrogens is 291 g/mol. The molecule has 1 aromatic heterocycles. The molecule has 2 aromatic carbocycles. The zero-order valence-electron chi connectivity index (χ0n) is 11.2. The summed E-state index contributed by atoms with van der Waals surface area (Å²) in [5.41, 5.74) is 7.44. The Morgan fingerprint density at radius 2 is 1.86 bits per heavy atom. The zero-order valence-corrected chi connectivity index (χ0v) is 12.1. The van der Waals surface area contributed by atoms with E-state index in [9.17, 15) is 12.8 Å². The summed E-state index contributed by atoms with van der Waals surface area (Å²) in [6, 6.07) is 10.1. The molecule has 0 aliphatic rings. The molecule has 0 spiro atoms. The van der Waals surface area contributed by atoms with Crippen LogP contribution in [0.3, 0.4) is 0 Å². The van der Waals surface area contributed by atoms with Gasteiger partial charge < -0.3 is 5.73 Å². The van der Waals surface area contributed by atoms with Gasteiger partial charge in [-0.15, -0.1) is 0 Å². The number of nitrogens with zero attached hydrogens (tertiary/aromatic N) is 1. The van der Waals surface area contributed by atoms with Crippen molar-refractivity contribution in [2.45, 2.75) is 11.8 Å². The van der Waals surface area contributed by atoms with Crippen LogP contribution in [0.4, 0.5) is 10.1 Å². The van der Waals surface area contributed by atoms with Gasteiger partial charge in [0.1, 0.15) is 5.82 Å². The third kappa shape index (κ3) is 2.17. The second-order valence-corrected chi connectivity index (χ2v) is 6.65. The summed E-state index contributed by atoms with van der Waals surface area (Å²) in [4.78, 5) is 0.104. The summed E-state index contributed by atoms with van der Waals surface area (Å²) in [7, 11) is -3.76. The van der Waals surface area contributed by atoms with Crippen LogP contribution in [-0.4, -0.2) is 12.4 Å². The highest BCUT2D eigenvalue weighted by atomic mass is 32.2. The lowest BCUT2D eigenvalue weighted by Crippen LogP contribution is -2.12. The van der Waals surface area contributed by atoms with Crippen LogP contribution in [0.15, 0.2) is 53.6 Å². The number of fused-ring (bicyclic) bond motifs is 1. The van der Waals surface area contributed by atoms with Crippen molar-refractivity contribution in [1.29, 1.82) is 0 Å². The first kappa shape index (κ1) is 13.6. The first-order valence-electron chi connectivity index (χ1n) is 6.28. The summed E-state index contributed by atoms with van der Waals surface area (Å²) >= 11 is 0. The maximum absolute atomic E-state index is 13.2. The van der Waals surface area contributed by atoms with E-state index in [0.29, 0.717) is 16.6 Å². The SMILES string of the molecule is Cc1ccc(S(=O)(=O)n2ccc3cc(F)ccc32)cc1N. The monoisotopic (exact) mass is 304 g/mol. The summed E-state index contributed by atoms with van der Waals surface area (Å²) < 4.78 is 39.7. The molecule has 0 saturated carbocycles. The molecule has 3 rings (SSSR count). The average Bonchev–Trinajstić information content (AvgIpc) is 2.85. The molecule has 21 heavy (non-hydrogen) atoms. The maximum atomic E-state index is 13.2. The average molecular weight is 304 g/mol. The van der Waals surface area contributed by atoms with Gasteiger partial charge in [-0.3, -0.25) is 0 Å². The Hall–Kier alpha value is -2.34. The molecule has 3 aromatic rings. The van der Waals surface area contributed by atoms with Gasteiger partial charge in [-0.1, -0.05) is 6.07 Å². The van der Waals surface area contributed by atoms with E-state index >= 15 is 0 Å². The van der Waals surface area contributed by atoms with Gasteiger partial charge in [0, 0.05) is 17.3 Å². The fraction of sp³-hybridized carbons (Fsp3) is 0.0667. The standard InChI is InChI=1S/C15H13FN2O2S/c1-10-2-4-13(9-14(10)17)21(19,20)18-7-6-11-8-12(16)3-5-15(11)18/h2-9H,17H2,1H3. The van der Waals surface area contributed by atoms with Crippen molar-refractivity contribution in [2.75, 3.05) is 5.73 Å². The normalized spacial score (nSPS) is 11.9. The van der Waals surface area contributed by atoms with Gasteiger partial charge in [0.2, 0.25) is 0 Å². The minimum absolute atomic E-state index is 0.104. The highest BCUT2D eigenvalue weighted by Crippen LogP contribution is 2.24. The van der Waals surface area contributed by atoms with Crippen LogP contribution >= 0.6 is 0 Å². The van der Waals surface area contributed by atoms with Crippen molar-refractivity contribution >= 4 is 26.6 Å². The predicted octanol–water partition coefficient (Wildman–Crippen LogP) is 2.91. The minimum atomic E-state index is -3.76. The smallest absolute Gasteiger partial charge is 0.268 e. The summed E-state index contributed by atoms with van der Waals surface area (Å²) in [5, 5.41) is 0.527. The molecule has 0 saturated heterocycles. The number of anilines is 1. The molecule has 108 valence electrons. The molecule has 0 bridgehead atoms. The molecule has 0 radical (unpaired) electrons. The van der Waals surface area contributed by atoms with Crippen LogP contribution < -0.4 is 5.73 Å². The Labute approximate surface area is 121 Å². The third-order valence-electron chi connectivity index (χ3n) is 3.42. The highest BCUT2D eigenvalue weighted by molar-refractivity contribution is 7.90. The van der Waals surface area contributed by atoms with Crippen molar-refractivity contribution < 1.29 is 12.8 Å². The molecule has 0 aliphatic heterocycles. The van der Waals surface area contributed by atoms with E-state index in [1.54, 1.807) is 19.1 Å². The molecule has 2 N–H and O–H groups in total. The fourth-order valence-corrected chi connectivity index (χ4v) is 3.58. The van der Waals surface area contributed by atoms with E-state index in [2.05, 4.69) is 0 Å². The van der Waals surface area contributed by atoms with Crippen LogP contribution in [0.1, 0.15) is 5.56 Å². The number of aromatic nitrogens is 1. The van der Waals surface area contributed by atoms with E-state index in [4.69, 9.17) is 5.73 Å². The van der Waals surface area contributed by atoms with E-state index in [1.807, 2.05) is 0 Å². The Morgan fingerprint density at radius 1 is 1.10 bits per heavy atom. The minimum Gasteiger partial charge on any atom is -0.398 e. The summed E-state index contributed by atoms with van der Waals surface area (Å²) in [6.45, 7) is 1.81. The Morgan fingerprint density at radius 3 is 2.57 bits per heavy atom.